The van der Waals surface area contributed by atoms with Gasteiger partial charge in [0.15, 0.2) is 0 Å². The molecule has 0 saturated carbocycles. The molecule has 0 atom stereocenters. The summed E-state index contributed by atoms with van der Waals surface area (Å²) in [5.41, 5.74) is 0.280. The minimum atomic E-state index is -0.996. The number of hydrogen-bond acceptors (Lipinski definition) is 1. The monoisotopic (exact) mass is 105 g/mol. The molecular formula is C5H8O2. The van der Waals surface area contributed by atoms with E-state index in [2.05, 4.69) is 0 Å². The minimum Gasteiger partial charge on any atom is -0.481 e. The fraction of sp³-hybridized carbons (Fsp3) is 0.400. The zero-order valence-electron chi connectivity index (χ0n) is 6.06. The first-order chi connectivity index (χ1) is 4.04. The second-order valence-corrected chi connectivity index (χ2v) is 1.35. The molecule has 0 fully saturated rings. The molecular weight excluding hydrogens is 95.0 g/mol. The topological polar surface area (TPSA) is 37.3 Å². The molecule has 0 unspecified atom stereocenters. The van der Waals surface area contributed by atoms with Crippen molar-refractivity contribution in [3.8, 4) is 0 Å². The molecule has 0 rings (SSSR count). The Labute approximate surface area is 45.3 Å². The summed E-state index contributed by atoms with van der Waals surface area (Å²) in [6.07, 6.45) is -0.206. The maximum Gasteiger partial charge on any atom is 0.307 e. The number of carboxylic acid groups (broad SMARTS) is 1. The lowest BCUT2D eigenvalue weighted by Crippen LogP contribution is -1.92. The third-order valence-electron chi connectivity index (χ3n) is 0.416. The molecule has 0 heterocycles. The van der Waals surface area contributed by atoms with Crippen molar-refractivity contribution in [1.82, 2.24) is 0 Å². The lowest BCUT2D eigenvalue weighted by Gasteiger charge is -1.86. The molecule has 40 valence electrons. The summed E-state index contributed by atoms with van der Waals surface area (Å²) in [5.74, 6) is -0.996. The maximum absolute atomic E-state index is 9.91. The predicted molar refractivity (Wildman–Crippen MR) is 27.1 cm³/mol. The fourth-order valence-electron chi connectivity index (χ4n) is 0.227. The summed E-state index contributed by atoms with van der Waals surface area (Å²) in [4.78, 5) is 9.91. The number of aliphatic carboxylic acids is 1. The van der Waals surface area contributed by atoms with Crippen LogP contribution in [0.25, 0.3) is 0 Å². The Hall–Kier alpha value is -0.790. The Kier molecular flexibility index (Phi) is 1.11. The smallest absolute Gasteiger partial charge is 0.307 e. The average Bonchev–Trinajstić information content (AvgIpc) is 1.63. The van der Waals surface area contributed by atoms with Crippen molar-refractivity contribution < 1.29 is 12.6 Å². The van der Waals surface area contributed by atoms with Crippen LogP contribution in [-0.4, -0.2) is 11.1 Å². The van der Waals surface area contributed by atoms with E-state index < -0.39 is 12.5 Å². The SMILES string of the molecule is [2H][12C]([2H])=[13C](C)[13CH2][13C](=O)O. The van der Waals surface area contributed by atoms with Crippen molar-refractivity contribution in [3.05, 3.63) is 12.1 Å². The van der Waals surface area contributed by atoms with E-state index in [1.165, 1.54) is 6.92 Å². The van der Waals surface area contributed by atoms with Gasteiger partial charge in [0.05, 0.1) is 9.16 Å². The van der Waals surface area contributed by atoms with Crippen molar-refractivity contribution in [3.63, 3.8) is 0 Å². The predicted octanol–water partition coefficient (Wildman–Crippen LogP) is 1.04. The van der Waals surface area contributed by atoms with Crippen LogP contribution in [0.2, 0.25) is 0 Å². The highest BCUT2D eigenvalue weighted by atomic mass is 16.5. The van der Waals surface area contributed by atoms with E-state index in [1.54, 1.807) is 0 Å². The van der Waals surface area contributed by atoms with E-state index >= 15 is 0 Å². The van der Waals surface area contributed by atoms with Crippen LogP contribution in [0.5, 0.6) is 0 Å². The summed E-state index contributed by atoms with van der Waals surface area (Å²) < 4.78 is 13.3. The molecule has 0 aromatic rings. The molecule has 0 aromatic heterocycles. The van der Waals surface area contributed by atoms with Crippen LogP contribution in [0.3, 0.4) is 0 Å². The summed E-state index contributed by atoms with van der Waals surface area (Å²) >= 11 is 0. The number of rotatable bonds is 2. The van der Waals surface area contributed by atoms with E-state index in [0.29, 0.717) is 0 Å². The molecule has 1 N–H and O–H groups in total. The van der Waals surface area contributed by atoms with Crippen LogP contribution < -0.4 is 0 Å². The van der Waals surface area contributed by atoms with Gasteiger partial charge in [-0.25, -0.2) is 0 Å². The summed E-state index contributed by atoms with van der Waals surface area (Å²) in [7, 11) is 0. The molecule has 2 heteroatoms. The first-order valence-corrected chi connectivity index (χ1v) is 1.88. The van der Waals surface area contributed by atoms with Gasteiger partial charge in [-0.1, -0.05) is 12.1 Å². The molecule has 2 nitrogen and oxygen atoms in total. The van der Waals surface area contributed by atoms with Gasteiger partial charge >= 0.3 is 5.97 Å². The lowest BCUT2D eigenvalue weighted by molar-refractivity contribution is -0.136. The summed E-state index contributed by atoms with van der Waals surface area (Å²) in [6.45, 7) is 1.06. The quantitative estimate of drug-likeness (QED) is 0.420. The van der Waals surface area contributed by atoms with Crippen LogP contribution in [0.15, 0.2) is 12.1 Å². The van der Waals surface area contributed by atoms with Gasteiger partial charge in [-0.05, 0) is 6.92 Å². The van der Waals surface area contributed by atoms with Gasteiger partial charge < -0.3 is 5.11 Å². The number of carbonyl (C=O) groups is 1. The first kappa shape index (κ1) is 3.24. The van der Waals surface area contributed by atoms with Crippen LogP contribution >= 0.6 is 0 Å². The van der Waals surface area contributed by atoms with Crippen molar-refractivity contribution in [2.45, 2.75) is 13.3 Å². The first-order valence-electron chi connectivity index (χ1n) is 2.88. The molecule has 0 aliphatic rings. The molecule has 0 aromatic carbocycles. The molecule has 0 spiro atoms. The van der Waals surface area contributed by atoms with Crippen LogP contribution in [-0.2, 0) is 4.79 Å². The zero-order valence-corrected chi connectivity index (χ0v) is 4.06. The van der Waals surface area contributed by atoms with Gasteiger partial charge in [0, 0.05) is 0 Å². The Morgan fingerprint density at radius 3 is 2.86 bits per heavy atom. The lowest BCUT2D eigenvalue weighted by atomic mass is 10.9. The molecule has 0 radical (unpaired) electrons. The van der Waals surface area contributed by atoms with E-state index in [4.69, 9.17) is 7.85 Å². The Balaban J connectivity index is 3.92. The van der Waals surface area contributed by atoms with Crippen LogP contribution in [0.4, 0.5) is 0 Å². The maximum atomic E-state index is 9.91. The van der Waals surface area contributed by atoms with Crippen molar-refractivity contribution in [1.29, 1.82) is 0 Å². The average molecular weight is 105 g/mol. The van der Waals surface area contributed by atoms with Gasteiger partial charge in [0.2, 0.25) is 0 Å². The summed E-state index contributed by atoms with van der Waals surface area (Å²) in [5, 5.41) is 8.13. The largest absolute Gasteiger partial charge is 0.481 e. The van der Waals surface area contributed by atoms with Gasteiger partial charge in [-0.3, -0.25) is 4.79 Å². The molecule has 7 heavy (non-hydrogen) atoms. The Morgan fingerprint density at radius 1 is 2.14 bits per heavy atom. The second-order valence-electron chi connectivity index (χ2n) is 1.35. The van der Waals surface area contributed by atoms with Crippen LogP contribution in [0, 0.1) is 0 Å². The highest BCUT2D eigenvalue weighted by Gasteiger charge is 1.92. The highest BCUT2D eigenvalue weighted by molar-refractivity contribution is 5.69. The van der Waals surface area contributed by atoms with Gasteiger partial charge in [0.25, 0.3) is 0 Å². The van der Waals surface area contributed by atoms with Crippen molar-refractivity contribution in [2.24, 2.45) is 0 Å². The minimum absolute atomic E-state index is 0.206. The van der Waals surface area contributed by atoms with E-state index in [9.17, 15) is 4.79 Å². The number of hydrogen-bond donors (Lipinski definition) is 1. The van der Waals surface area contributed by atoms with E-state index in [-0.39, 0.29) is 12.0 Å². The standard InChI is InChI=1S/C5H8O2/c1-4(2)3-5(6)7/h1,3H2,2H3,(H,6,7)/i1+0D2,3+1,4+1,5+1. The molecule has 0 aliphatic heterocycles. The van der Waals surface area contributed by atoms with Gasteiger partial charge in [-0.2, -0.15) is 0 Å². The molecule has 0 bridgehead atoms. The van der Waals surface area contributed by atoms with Gasteiger partial charge in [-0.15, -0.1) is 0 Å². The molecule has 0 saturated heterocycles. The Morgan fingerprint density at radius 2 is 2.71 bits per heavy atom. The second kappa shape index (κ2) is 2.39. The Bertz CT molecular complexity index is 147. The van der Waals surface area contributed by atoms with E-state index in [1.807, 2.05) is 0 Å². The van der Waals surface area contributed by atoms with E-state index in [0.717, 1.165) is 0 Å². The number of carboxylic acids is 1. The normalized spacial score (nSPS) is 11.6. The molecule has 0 amide bonds. The third-order valence-corrected chi connectivity index (χ3v) is 0.416. The van der Waals surface area contributed by atoms with Crippen molar-refractivity contribution >= 4 is 5.97 Å². The molecule has 0 aliphatic carbocycles. The van der Waals surface area contributed by atoms with Crippen molar-refractivity contribution in [2.75, 3.05) is 0 Å². The summed E-state index contributed by atoms with van der Waals surface area (Å²) in [6, 6.07) is 0. The fourth-order valence-corrected chi connectivity index (χ4v) is 0.227. The zero-order chi connectivity index (χ0) is 7.44. The third kappa shape index (κ3) is 5.21. The van der Waals surface area contributed by atoms with Crippen LogP contribution in [0.1, 0.15) is 16.1 Å². The van der Waals surface area contributed by atoms with Gasteiger partial charge in [0.1, 0.15) is 0 Å². The highest BCUT2D eigenvalue weighted by Crippen LogP contribution is 1.92.